The minimum Gasteiger partial charge on any atom is -0.496 e. The molecule has 0 aromatic heterocycles. The van der Waals surface area contributed by atoms with E-state index in [1.54, 1.807) is 7.11 Å². The van der Waals surface area contributed by atoms with Gasteiger partial charge in [-0.1, -0.05) is 12.1 Å². The van der Waals surface area contributed by atoms with Crippen molar-refractivity contribution in [2.45, 2.75) is 19.4 Å². The maximum absolute atomic E-state index is 8.77. The van der Waals surface area contributed by atoms with Crippen LogP contribution >= 0.6 is 0 Å². The Kier molecular flexibility index (Phi) is 3.92. The number of nitrogens with two attached hydrogens (primary N) is 1. The van der Waals surface area contributed by atoms with E-state index in [0.29, 0.717) is 6.42 Å². The lowest BCUT2D eigenvalue weighted by Gasteiger charge is -2.13. The molecule has 0 fully saturated rings. The first-order chi connectivity index (χ1) is 6.69. The van der Waals surface area contributed by atoms with Gasteiger partial charge in [-0.15, -0.1) is 0 Å². The minimum atomic E-state index is -0.116. The fraction of sp³-hybridized carbons (Fsp3) is 0.455. The maximum atomic E-state index is 8.77. The summed E-state index contributed by atoms with van der Waals surface area (Å²) in [6, 6.07) is 5.76. The quantitative estimate of drug-likeness (QED) is 0.763. The Morgan fingerprint density at radius 2 is 2.21 bits per heavy atom. The number of rotatable bonds is 4. The van der Waals surface area contributed by atoms with Gasteiger partial charge < -0.3 is 15.6 Å². The molecule has 1 aromatic rings. The van der Waals surface area contributed by atoms with Crippen molar-refractivity contribution in [3.05, 3.63) is 29.3 Å². The van der Waals surface area contributed by atoms with Crippen LogP contribution < -0.4 is 10.5 Å². The molecule has 3 heteroatoms. The molecular weight excluding hydrogens is 178 g/mol. The summed E-state index contributed by atoms with van der Waals surface area (Å²) in [7, 11) is 1.64. The minimum absolute atomic E-state index is 0.108. The van der Waals surface area contributed by atoms with Crippen LogP contribution in [0.5, 0.6) is 5.75 Å². The molecule has 0 heterocycles. The average Bonchev–Trinajstić information content (AvgIpc) is 2.19. The van der Waals surface area contributed by atoms with Crippen LogP contribution in [0.4, 0.5) is 0 Å². The van der Waals surface area contributed by atoms with Crippen molar-refractivity contribution in [1.29, 1.82) is 0 Å². The summed E-state index contributed by atoms with van der Waals surface area (Å²) in [6.07, 6.45) is 0.576. The van der Waals surface area contributed by atoms with E-state index in [4.69, 9.17) is 15.6 Å². The summed E-state index contributed by atoms with van der Waals surface area (Å²) < 4.78 is 5.20. The zero-order valence-electron chi connectivity index (χ0n) is 8.66. The Morgan fingerprint density at radius 1 is 1.50 bits per heavy atom. The summed E-state index contributed by atoms with van der Waals surface area (Å²) >= 11 is 0. The average molecular weight is 195 g/mol. The SMILES string of the molecule is COc1cc(C(N)CCO)ccc1C. The monoisotopic (exact) mass is 195 g/mol. The predicted octanol–water partition coefficient (Wildman–Crippen LogP) is 1.39. The van der Waals surface area contributed by atoms with Crippen LogP contribution in [0.15, 0.2) is 18.2 Å². The van der Waals surface area contributed by atoms with Gasteiger partial charge in [0.1, 0.15) is 5.75 Å². The predicted molar refractivity (Wildman–Crippen MR) is 56.4 cm³/mol. The number of aryl methyl sites for hydroxylation is 1. The first kappa shape index (κ1) is 11.0. The molecule has 0 aliphatic rings. The van der Waals surface area contributed by atoms with Gasteiger partial charge in [0.2, 0.25) is 0 Å². The Morgan fingerprint density at radius 3 is 2.79 bits per heavy atom. The zero-order chi connectivity index (χ0) is 10.6. The highest BCUT2D eigenvalue weighted by Gasteiger charge is 2.07. The molecule has 0 bridgehead atoms. The molecule has 14 heavy (non-hydrogen) atoms. The standard InChI is InChI=1S/C11H17NO2/c1-8-3-4-9(7-11(8)14-2)10(12)5-6-13/h3-4,7,10,13H,5-6,12H2,1-2H3. The Balaban J connectivity index is 2.88. The highest BCUT2D eigenvalue weighted by atomic mass is 16.5. The number of hydrogen-bond acceptors (Lipinski definition) is 3. The number of hydrogen-bond donors (Lipinski definition) is 2. The lowest BCUT2D eigenvalue weighted by Crippen LogP contribution is -2.12. The third kappa shape index (κ3) is 2.47. The number of ether oxygens (including phenoxy) is 1. The van der Waals surface area contributed by atoms with Gasteiger partial charge >= 0.3 is 0 Å². The van der Waals surface area contributed by atoms with Crippen LogP contribution in [-0.2, 0) is 0 Å². The van der Waals surface area contributed by atoms with Gasteiger partial charge in [0.15, 0.2) is 0 Å². The molecule has 3 nitrogen and oxygen atoms in total. The molecule has 0 radical (unpaired) electrons. The summed E-state index contributed by atoms with van der Waals surface area (Å²) in [5.74, 6) is 0.843. The highest BCUT2D eigenvalue weighted by Crippen LogP contribution is 2.23. The molecule has 3 N–H and O–H groups in total. The van der Waals surface area contributed by atoms with Crippen LogP contribution in [0.3, 0.4) is 0 Å². The van der Waals surface area contributed by atoms with E-state index in [1.165, 1.54) is 0 Å². The molecule has 0 spiro atoms. The fourth-order valence-electron chi connectivity index (χ4n) is 1.37. The van der Waals surface area contributed by atoms with E-state index in [1.807, 2.05) is 25.1 Å². The number of benzene rings is 1. The van der Waals surface area contributed by atoms with Crippen molar-refractivity contribution in [1.82, 2.24) is 0 Å². The van der Waals surface area contributed by atoms with Gasteiger partial charge in [0, 0.05) is 12.6 Å². The van der Waals surface area contributed by atoms with E-state index in [9.17, 15) is 0 Å². The van der Waals surface area contributed by atoms with E-state index in [2.05, 4.69) is 0 Å². The number of aliphatic hydroxyl groups is 1. The van der Waals surface area contributed by atoms with Crippen molar-refractivity contribution in [3.63, 3.8) is 0 Å². The molecule has 0 aliphatic heterocycles. The molecule has 0 saturated carbocycles. The van der Waals surface area contributed by atoms with E-state index in [-0.39, 0.29) is 12.6 Å². The Bertz CT molecular complexity index is 299. The third-order valence-electron chi connectivity index (χ3n) is 2.30. The first-order valence-corrected chi connectivity index (χ1v) is 4.70. The van der Waals surface area contributed by atoms with Gasteiger partial charge in [0.25, 0.3) is 0 Å². The number of aliphatic hydroxyl groups excluding tert-OH is 1. The molecule has 78 valence electrons. The van der Waals surface area contributed by atoms with Crippen LogP contribution in [0.2, 0.25) is 0 Å². The lowest BCUT2D eigenvalue weighted by atomic mass is 10.0. The van der Waals surface area contributed by atoms with Crippen molar-refractivity contribution in [3.8, 4) is 5.75 Å². The maximum Gasteiger partial charge on any atom is 0.122 e. The molecule has 1 aromatic carbocycles. The third-order valence-corrected chi connectivity index (χ3v) is 2.30. The largest absolute Gasteiger partial charge is 0.496 e. The molecule has 0 aliphatic carbocycles. The van der Waals surface area contributed by atoms with Gasteiger partial charge in [-0.3, -0.25) is 0 Å². The van der Waals surface area contributed by atoms with Crippen LogP contribution in [0.25, 0.3) is 0 Å². The van der Waals surface area contributed by atoms with E-state index < -0.39 is 0 Å². The van der Waals surface area contributed by atoms with Gasteiger partial charge in [-0.25, -0.2) is 0 Å². The Hall–Kier alpha value is -1.06. The molecule has 1 rings (SSSR count). The van der Waals surface area contributed by atoms with Crippen LogP contribution in [-0.4, -0.2) is 18.8 Å². The molecule has 0 amide bonds. The normalized spacial score (nSPS) is 12.6. The Labute approximate surface area is 84.5 Å². The van der Waals surface area contributed by atoms with Crippen molar-refractivity contribution in [2.24, 2.45) is 5.73 Å². The first-order valence-electron chi connectivity index (χ1n) is 4.70. The van der Waals surface area contributed by atoms with Gasteiger partial charge in [-0.2, -0.15) is 0 Å². The summed E-state index contributed by atoms with van der Waals surface area (Å²) in [5.41, 5.74) is 7.96. The summed E-state index contributed by atoms with van der Waals surface area (Å²) in [5, 5.41) is 8.77. The number of methoxy groups -OCH3 is 1. The van der Waals surface area contributed by atoms with Gasteiger partial charge in [-0.05, 0) is 30.5 Å². The molecule has 1 atom stereocenters. The summed E-state index contributed by atoms with van der Waals surface area (Å²) in [4.78, 5) is 0. The van der Waals surface area contributed by atoms with Crippen molar-refractivity contribution in [2.75, 3.05) is 13.7 Å². The lowest BCUT2D eigenvalue weighted by molar-refractivity contribution is 0.276. The van der Waals surface area contributed by atoms with Crippen molar-refractivity contribution >= 4 is 0 Å². The van der Waals surface area contributed by atoms with E-state index in [0.717, 1.165) is 16.9 Å². The second-order valence-electron chi connectivity index (χ2n) is 3.35. The highest BCUT2D eigenvalue weighted by molar-refractivity contribution is 5.37. The van der Waals surface area contributed by atoms with Crippen LogP contribution in [0.1, 0.15) is 23.6 Å². The zero-order valence-corrected chi connectivity index (χ0v) is 8.66. The van der Waals surface area contributed by atoms with Crippen LogP contribution in [0, 0.1) is 6.92 Å². The van der Waals surface area contributed by atoms with Gasteiger partial charge in [0.05, 0.1) is 7.11 Å². The second kappa shape index (κ2) is 4.98. The second-order valence-corrected chi connectivity index (χ2v) is 3.35. The van der Waals surface area contributed by atoms with E-state index >= 15 is 0 Å². The topological polar surface area (TPSA) is 55.5 Å². The molecule has 1 unspecified atom stereocenters. The van der Waals surface area contributed by atoms with Crippen molar-refractivity contribution < 1.29 is 9.84 Å². The smallest absolute Gasteiger partial charge is 0.122 e. The summed E-state index contributed by atoms with van der Waals surface area (Å²) in [6.45, 7) is 2.09. The molecule has 0 saturated heterocycles. The molecular formula is C11H17NO2. The fourth-order valence-corrected chi connectivity index (χ4v) is 1.37.